The molecule has 0 aliphatic heterocycles. The zero-order valence-electron chi connectivity index (χ0n) is 13.1. The van der Waals surface area contributed by atoms with Gasteiger partial charge in [-0.1, -0.05) is 36.0 Å². The number of imidazole rings is 1. The molecule has 0 radical (unpaired) electrons. The molecule has 0 unspecified atom stereocenters. The molecule has 1 N–H and O–H groups in total. The standard InChI is InChI=1S/C18H11BrF3N3S/c19-13-7-11(18(20,21)22)8-15-16(13)25-17(24-15)26-9-12-6-5-10-3-1-2-4-14(10)23-12/h1-8H,9H2,(H,24,25). The third-order valence-corrected chi connectivity index (χ3v) is 5.37. The van der Waals surface area contributed by atoms with E-state index < -0.39 is 11.7 Å². The van der Waals surface area contributed by atoms with Gasteiger partial charge in [0.1, 0.15) is 5.52 Å². The minimum absolute atomic E-state index is 0.314. The van der Waals surface area contributed by atoms with Crippen molar-refractivity contribution in [2.45, 2.75) is 17.1 Å². The fourth-order valence-electron chi connectivity index (χ4n) is 2.62. The van der Waals surface area contributed by atoms with Gasteiger partial charge in [0, 0.05) is 15.6 Å². The molecule has 26 heavy (non-hydrogen) atoms. The van der Waals surface area contributed by atoms with E-state index in [-0.39, 0.29) is 0 Å². The highest BCUT2D eigenvalue weighted by atomic mass is 79.9. The Balaban J connectivity index is 1.59. The minimum Gasteiger partial charge on any atom is -0.333 e. The number of thioether (sulfide) groups is 1. The first kappa shape index (κ1) is 17.4. The third kappa shape index (κ3) is 3.43. The predicted octanol–water partition coefficient (Wildman–Crippen LogP) is 6.18. The highest BCUT2D eigenvalue weighted by Gasteiger charge is 2.31. The van der Waals surface area contributed by atoms with E-state index in [0.29, 0.717) is 26.4 Å². The maximum absolute atomic E-state index is 12.9. The van der Waals surface area contributed by atoms with Crippen molar-refractivity contribution < 1.29 is 13.2 Å². The van der Waals surface area contributed by atoms with Crippen LogP contribution in [0.5, 0.6) is 0 Å². The first-order valence-corrected chi connectivity index (χ1v) is 9.42. The highest BCUT2D eigenvalue weighted by Crippen LogP contribution is 2.35. The van der Waals surface area contributed by atoms with E-state index in [1.807, 2.05) is 36.4 Å². The molecule has 0 aliphatic rings. The Morgan fingerprint density at radius 3 is 2.65 bits per heavy atom. The molecular weight excluding hydrogens is 427 g/mol. The van der Waals surface area contributed by atoms with Crippen LogP contribution in [0.1, 0.15) is 11.3 Å². The van der Waals surface area contributed by atoms with E-state index in [4.69, 9.17) is 0 Å². The maximum atomic E-state index is 12.9. The molecule has 4 rings (SSSR count). The zero-order chi connectivity index (χ0) is 18.3. The predicted molar refractivity (Wildman–Crippen MR) is 100 cm³/mol. The topological polar surface area (TPSA) is 41.6 Å². The number of aromatic amines is 1. The number of para-hydroxylation sites is 1. The van der Waals surface area contributed by atoms with E-state index in [0.717, 1.165) is 28.7 Å². The second-order valence-corrected chi connectivity index (χ2v) is 7.50. The Hall–Kier alpha value is -2.06. The maximum Gasteiger partial charge on any atom is 0.416 e. The van der Waals surface area contributed by atoms with Gasteiger partial charge in [-0.3, -0.25) is 4.98 Å². The summed E-state index contributed by atoms with van der Waals surface area (Å²) in [5.41, 5.74) is 1.90. The number of H-pyrrole nitrogens is 1. The summed E-state index contributed by atoms with van der Waals surface area (Å²) in [5.74, 6) is 0.564. The van der Waals surface area contributed by atoms with Crippen molar-refractivity contribution >= 4 is 49.6 Å². The van der Waals surface area contributed by atoms with Gasteiger partial charge in [0.2, 0.25) is 0 Å². The van der Waals surface area contributed by atoms with Crippen LogP contribution < -0.4 is 0 Å². The summed E-state index contributed by atoms with van der Waals surface area (Å²) in [4.78, 5) is 11.9. The van der Waals surface area contributed by atoms with E-state index >= 15 is 0 Å². The van der Waals surface area contributed by atoms with E-state index in [1.54, 1.807) is 0 Å². The SMILES string of the molecule is FC(F)(F)c1cc(Br)c2nc(SCc3ccc4ccccc4n3)[nH]c2c1. The summed E-state index contributed by atoms with van der Waals surface area (Å²) in [6.07, 6.45) is -4.40. The van der Waals surface area contributed by atoms with E-state index in [1.165, 1.54) is 11.8 Å². The van der Waals surface area contributed by atoms with Crippen LogP contribution in [-0.4, -0.2) is 15.0 Å². The minimum atomic E-state index is -4.40. The van der Waals surface area contributed by atoms with Crippen molar-refractivity contribution in [1.82, 2.24) is 15.0 Å². The van der Waals surface area contributed by atoms with Crippen LogP contribution in [0.3, 0.4) is 0 Å². The number of fused-ring (bicyclic) bond motifs is 2. The van der Waals surface area contributed by atoms with Crippen LogP contribution in [0.2, 0.25) is 0 Å². The van der Waals surface area contributed by atoms with Gasteiger partial charge in [-0.05, 0) is 40.2 Å². The molecule has 0 saturated heterocycles. The molecule has 0 atom stereocenters. The molecule has 0 spiro atoms. The summed E-state index contributed by atoms with van der Waals surface area (Å²) >= 11 is 4.57. The number of aromatic nitrogens is 3. The van der Waals surface area contributed by atoms with Crippen LogP contribution in [-0.2, 0) is 11.9 Å². The fraction of sp³-hybridized carbons (Fsp3) is 0.111. The summed E-state index contributed by atoms with van der Waals surface area (Å²) < 4.78 is 39.1. The second-order valence-electron chi connectivity index (χ2n) is 5.68. The largest absolute Gasteiger partial charge is 0.416 e. The number of alkyl halides is 3. The average molecular weight is 438 g/mol. The smallest absolute Gasteiger partial charge is 0.333 e. The molecule has 4 aromatic rings. The Morgan fingerprint density at radius 1 is 1.04 bits per heavy atom. The Bertz CT molecular complexity index is 1110. The van der Waals surface area contributed by atoms with Crippen LogP contribution in [0.15, 0.2) is 58.2 Å². The summed E-state index contributed by atoms with van der Waals surface area (Å²) in [5, 5.41) is 1.61. The lowest BCUT2D eigenvalue weighted by Gasteiger charge is -2.06. The molecule has 0 fully saturated rings. The number of rotatable bonds is 3. The number of halogens is 4. The zero-order valence-corrected chi connectivity index (χ0v) is 15.5. The van der Waals surface area contributed by atoms with Crippen LogP contribution in [0.25, 0.3) is 21.9 Å². The highest BCUT2D eigenvalue weighted by molar-refractivity contribution is 9.10. The fourth-order valence-corrected chi connectivity index (χ4v) is 3.95. The normalized spacial score (nSPS) is 12.2. The van der Waals surface area contributed by atoms with Crippen LogP contribution in [0.4, 0.5) is 13.2 Å². The van der Waals surface area contributed by atoms with Gasteiger partial charge >= 0.3 is 6.18 Å². The van der Waals surface area contributed by atoms with Crippen molar-refractivity contribution in [2.24, 2.45) is 0 Å². The monoisotopic (exact) mass is 437 g/mol. The molecular formula is C18H11BrF3N3S. The van der Waals surface area contributed by atoms with Crippen LogP contribution in [0, 0.1) is 0 Å². The molecule has 8 heteroatoms. The number of benzene rings is 2. The molecule has 2 aromatic carbocycles. The van der Waals surface area contributed by atoms with E-state index in [2.05, 4.69) is 30.9 Å². The van der Waals surface area contributed by atoms with Gasteiger partial charge in [-0.15, -0.1) is 0 Å². The van der Waals surface area contributed by atoms with Crippen molar-refractivity contribution in [3.8, 4) is 0 Å². The van der Waals surface area contributed by atoms with Crippen molar-refractivity contribution in [3.63, 3.8) is 0 Å². The molecule has 2 aromatic heterocycles. The lowest BCUT2D eigenvalue weighted by atomic mass is 10.2. The molecule has 132 valence electrons. The summed E-state index contributed by atoms with van der Waals surface area (Å²) in [7, 11) is 0. The third-order valence-electron chi connectivity index (χ3n) is 3.86. The average Bonchev–Trinajstić information content (AvgIpc) is 3.03. The number of nitrogens with one attached hydrogen (secondary N) is 1. The van der Waals surface area contributed by atoms with Crippen molar-refractivity contribution in [1.29, 1.82) is 0 Å². The molecule has 0 bridgehead atoms. The number of hydrogen-bond acceptors (Lipinski definition) is 3. The van der Waals surface area contributed by atoms with Gasteiger partial charge in [-0.2, -0.15) is 13.2 Å². The Morgan fingerprint density at radius 2 is 1.85 bits per heavy atom. The second kappa shape index (κ2) is 6.59. The molecule has 0 saturated carbocycles. The number of nitrogens with zero attached hydrogens (tertiary/aromatic N) is 2. The van der Waals surface area contributed by atoms with Gasteiger partial charge in [0.25, 0.3) is 0 Å². The number of pyridine rings is 1. The number of hydrogen-bond donors (Lipinski definition) is 1. The first-order valence-electron chi connectivity index (χ1n) is 7.64. The lowest BCUT2D eigenvalue weighted by molar-refractivity contribution is -0.137. The first-order chi connectivity index (χ1) is 12.4. The van der Waals surface area contributed by atoms with Gasteiger partial charge in [0.05, 0.1) is 22.3 Å². The van der Waals surface area contributed by atoms with Crippen molar-refractivity contribution in [2.75, 3.05) is 0 Å². The Kier molecular flexibility index (Phi) is 4.40. The van der Waals surface area contributed by atoms with Gasteiger partial charge in [0.15, 0.2) is 5.16 Å². The molecule has 0 amide bonds. The van der Waals surface area contributed by atoms with Crippen LogP contribution >= 0.6 is 27.7 Å². The van der Waals surface area contributed by atoms with Gasteiger partial charge < -0.3 is 4.98 Å². The molecule has 0 aliphatic carbocycles. The Labute approximate surface area is 159 Å². The summed E-state index contributed by atoms with van der Waals surface area (Å²) in [6, 6.07) is 13.9. The summed E-state index contributed by atoms with van der Waals surface area (Å²) in [6.45, 7) is 0. The quantitative estimate of drug-likeness (QED) is 0.388. The van der Waals surface area contributed by atoms with E-state index in [9.17, 15) is 13.2 Å². The van der Waals surface area contributed by atoms with Crippen molar-refractivity contribution in [3.05, 3.63) is 64.3 Å². The lowest BCUT2D eigenvalue weighted by Crippen LogP contribution is -2.04. The molecule has 2 heterocycles. The van der Waals surface area contributed by atoms with Gasteiger partial charge in [-0.25, -0.2) is 4.98 Å². The molecule has 3 nitrogen and oxygen atoms in total.